The second-order valence-corrected chi connectivity index (χ2v) is 28.3. The number of esters is 2. The van der Waals surface area contributed by atoms with Gasteiger partial charge in [-0.3, -0.25) is 0 Å². The van der Waals surface area contributed by atoms with Crippen LogP contribution in [0.1, 0.15) is 46.0 Å². The van der Waals surface area contributed by atoms with Gasteiger partial charge < -0.3 is 26.6 Å². The highest BCUT2D eigenvalue weighted by molar-refractivity contribution is 6.89. The molecule has 2 radical (unpaired) electrons. The summed E-state index contributed by atoms with van der Waals surface area (Å²) in [4.78, 5) is 23.2. The van der Waals surface area contributed by atoms with E-state index in [0.29, 0.717) is 31.0 Å². The van der Waals surface area contributed by atoms with Crippen molar-refractivity contribution in [3.8, 4) is 0 Å². The monoisotopic (exact) mass is 632 g/mol. The molecule has 8 nitrogen and oxygen atoms in total. The second-order valence-electron chi connectivity index (χ2n) is 12.3. The van der Waals surface area contributed by atoms with Crippen LogP contribution in [0, 0.1) is 6.92 Å². The fourth-order valence-corrected chi connectivity index (χ4v) is 24.3. The van der Waals surface area contributed by atoms with Gasteiger partial charge in [0.05, 0.1) is 19.8 Å². The van der Waals surface area contributed by atoms with E-state index in [0.717, 1.165) is 50.2 Å². The Balaban J connectivity index is 5.10. The van der Waals surface area contributed by atoms with E-state index < -0.39 is 33.8 Å². The molecule has 40 heavy (non-hydrogen) atoms. The number of carbonyl (C=O) groups excluding carboxylic acids is 2. The van der Waals surface area contributed by atoms with E-state index in [1.165, 1.54) is 0 Å². The van der Waals surface area contributed by atoms with E-state index >= 15 is 0 Å². The van der Waals surface area contributed by atoms with E-state index in [2.05, 4.69) is 59.0 Å². The molecule has 0 bridgehead atoms. The molecule has 1 unspecified atom stereocenters. The summed E-state index contributed by atoms with van der Waals surface area (Å²) >= 11 is 0. The first-order valence-electron chi connectivity index (χ1n) is 14.4. The van der Waals surface area contributed by atoms with Crippen molar-refractivity contribution >= 4 is 45.7 Å². The highest BCUT2D eigenvalue weighted by Gasteiger charge is 2.45. The van der Waals surface area contributed by atoms with Crippen LogP contribution in [-0.4, -0.2) is 72.1 Å². The number of hydrogen-bond donors (Lipinski definition) is 0. The van der Waals surface area contributed by atoms with Crippen LogP contribution < -0.4 is 0 Å². The third-order valence-electron chi connectivity index (χ3n) is 6.02. The van der Waals surface area contributed by atoms with E-state index in [-0.39, 0.29) is 18.5 Å². The quantitative estimate of drug-likeness (QED) is 0.0508. The molecule has 0 spiro atoms. The van der Waals surface area contributed by atoms with E-state index in [9.17, 15) is 9.59 Å². The molecule has 1 atom stereocenters. The SMILES string of the molecule is [CH]COCCC[Si](C)(O[Si](C)(C)CCCCOC(=O)C(=C)C)O[Si](C)(C)O[Si](C)(C)CCCCOC(=O)C(=C)C. The van der Waals surface area contributed by atoms with E-state index in [1.54, 1.807) is 13.8 Å². The van der Waals surface area contributed by atoms with Gasteiger partial charge in [-0.25, -0.2) is 9.59 Å². The molecule has 0 aromatic heterocycles. The fourth-order valence-electron chi connectivity index (χ4n) is 4.48. The maximum Gasteiger partial charge on any atom is 0.333 e. The van der Waals surface area contributed by atoms with E-state index in [4.69, 9.17) is 33.5 Å². The molecule has 0 rings (SSSR count). The van der Waals surface area contributed by atoms with Crippen molar-refractivity contribution in [2.45, 2.75) is 110 Å². The Bertz CT molecular complexity index is 816. The maximum atomic E-state index is 11.6. The van der Waals surface area contributed by atoms with Gasteiger partial charge in [-0.2, -0.15) is 0 Å². The molecule has 0 N–H and O–H groups in total. The van der Waals surface area contributed by atoms with Crippen molar-refractivity contribution < 1.29 is 36.1 Å². The summed E-state index contributed by atoms with van der Waals surface area (Å²) in [5.41, 5.74) is 0.835. The number of ether oxygens (including phenoxy) is 3. The van der Waals surface area contributed by atoms with Crippen LogP contribution in [0.25, 0.3) is 0 Å². The highest BCUT2D eigenvalue weighted by Crippen LogP contribution is 2.31. The molecule has 12 heteroatoms. The zero-order chi connectivity index (χ0) is 31.0. The molecule has 0 amide bonds. The Morgan fingerprint density at radius 1 is 0.625 bits per heavy atom. The van der Waals surface area contributed by atoms with Crippen LogP contribution in [0.15, 0.2) is 24.3 Å². The zero-order valence-corrected chi connectivity index (χ0v) is 30.7. The molecule has 0 saturated heterocycles. The van der Waals surface area contributed by atoms with Crippen LogP contribution in [0.4, 0.5) is 0 Å². The van der Waals surface area contributed by atoms with Crippen LogP contribution >= 0.6 is 0 Å². The summed E-state index contributed by atoms with van der Waals surface area (Å²) in [6.45, 7) is 32.9. The maximum absolute atomic E-state index is 11.6. The normalized spacial score (nSPS) is 13.9. The summed E-state index contributed by atoms with van der Waals surface area (Å²) in [5, 5.41) is 0. The van der Waals surface area contributed by atoms with Crippen molar-refractivity contribution in [1.29, 1.82) is 0 Å². The lowest BCUT2D eigenvalue weighted by atomic mass is 10.3. The first-order valence-corrected chi connectivity index (χ1v) is 25.9. The van der Waals surface area contributed by atoms with Gasteiger partial charge in [-0.05, 0) is 104 Å². The Hall–Kier alpha value is -0.872. The predicted molar refractivity (Wildman–Crippen MR) is 171 cm³/mol. The van der Waals surface area contributed by atoms with Crippen molar-refractivity contribution in [1.82, 2.24) is 0 Å². The Morgan fingerprint density at radius 2 is 1.07 bits per heavy atom. The van der Waals surface area contributed by atoms with Crippen molar-refractivity contribution in [3.05, 3.63) is 31.2 Å². The van der Waals surface area contributed by atoms with Gasteiger partial charge in [0, 0.05) is 17.8 Å². The summed E-state index contributed by atoms with van der Waals surface area (Å²) in [6.07, 6.45) is 4.25. The molecule has 0 aromatic rings. The van der Waals surface area contributed by atoms with Crippen LogP contribution in [0.3, 0.4) is 0 Å². The van der Waals surface area contributed by atoms with Gasteiger partial charge in [0.2, 0.25) is 0 Å². The average molecular weight is 633 g/mol. The number of unbranched alkanes of at least 4 members (excludes halogenated alkanes) is 2. The molecule has 0 aromatic carbocycles. The lowest BCUT2D eigenvalue weighted by Gasteiger charge is -2.42. The molecular formula is C28H56O8Si4. The minimum absolute atomic E-state index is 0.200. The summed E-state index contributed by atoms with van der Waals surface area (Å²) in [5.74, 6) is -0.681. The van der Waals surface area contributed by atoms with Gasteiger partial charge in [0.25, 0.3) is 0 Å². The standard InChI is InChI=1S/C28H56O8Si4/c1-13-31-19-18-24-40(12,35-38(8,9)23-17-15-21-33-28(30)26(4)5)36-39(10,11)34-37(6,7)22-16-14-20-32-27(29)25(2)3/h1H,2,4,13-24H2,3,5-12H3. The van der Waals surface area contributed by atoms with Gasteiger partial charge in [0.1, 0.15) is 0 Å². The molecule has 0 heterocycles. The van der Waals surface area contributed by atoms with Gasteiger partial charge in [-0.1, -0.05) is 26.0 Å². The molecule has 0 aliphatic rings. The Labute approximate surface area is 248 Å². The van der Waals surface area contributed by atoms with Gasteiger partial charge >= 0.3 is 29.1 Å². The smallest absolute Gasteiger partial charge is 0.333 e. The van der Waals surface area contributed by atoms with Gasteiger partial charge in [0.15, 0.2) is 16.6 Å². The number of hydrogen-bond acceptors (Lipinski definition) is 8. The van der Waals surface area contributed by atoms with Crippen LogP contribution in [0.5, 0.6) is 0 Å². The topological polar surface area (TPSA) is 89.5 Å². The lowest BCUT2D eigenvalue weighted by Crippen LogP contribution is -2.57. The first kappa shape index (κ1) is 39.1. The molecule has 0 aliphatic carbocycles. The van der Waals surface area contributed by atoms with Crippen LogP contribution in [-0.2, 0) is 36.1 Å². The third-order valence-corrected chi connectivity index (χ3v) is 22.2. The van der Waals surface area contributed by atoms with Gasteiger partial charge in [-0.15, -0.1) is 0 Å². The summed E-state index contributed by atoms with van der Waals surface area (Å²) in [7, 11) is -9.21. The first-order chi connectivity index (χ1) is 18.3. The second kappa shape index (κ2) is 18.6. The third kappa shape index (κ3) is 19.3. The average Bonchev–Trinajstić information content (AvgIpc) is 2.79. The van der Waals surface area contributed by atoms with E-state index in [1.807, 2.05) is 0 Å². The molecular weight excluding hydrogens is 577 g/mol. The minimum atomic E-state index is -2.60. The lowest BCUT2D eigenvalue weighted by molar-refractivity contribution is -0.139. The molecule has 0 saturated carbocycles. The summed E-state index contributed by atoms with van der Waals surface area (Å²) < 4.78 is 36.5. The van der Waals surface area contributed by atoms with Crippen LogP contribution in [0.2, 0.25) is 64.0 Å². The fraction of sp³-hybridized carbons (Fsp3) is 0.750. The largest absolute Gasteiger partial charge is 0.462 e. The van der Waals surface area contributed by atoms with Crippen molar-refractivity contribution in [3.63, 3.8) is 0 Å². The Kier molecular flexibility index (Phi) is 18.2. The molecule has 0 fully saturated rings. The predicted octanol–water partition coefficient (Wildman–Crippen LogP) is 7.14. The molecule has 0 aliphatic heterocycles. The highest BCUT2D eigenvalue weighted by atomic mass is 28.5. The molecule has 232 valence electrons. The summed E-state index contributed by atoms with van der Waals surface area (Å²) in [6, 6.07) is 2.70. The Morgan fingerprint density at radius 3 is 1.50 bits per heavy atom. The van der Waals surface area contributed by atoms with Crippen molar-refractivity contribution in [2.24, 2.45) is 0 Å². The minimum Gasteiger partial charge on any atom is -0.462 e. The zero-order valence-electron chi connectivity index (χ0n) is 26.7. The van der Waals surface area contributed by atoms with Crippen molar-refractivity contribution in [2.75, 3.05) is 26.4 Å². The number of rotatable bonds is 23. The number of carbonyl (C=O) groups is 2.